The van der Waals surface area contributed by atoms with Crippen molar-refractivity contribution < 1.29 is 8.42 Å². The number of sulfonamides is 1. The van der Waals surface area contributed by atoms with Crippen LogP contribution in [0.25, 0.3) is 0 Å². The Labute approximate surface area is 79.1 Å². The van der Waals surface area contributed by atoms with Gasteiger partial charge in [0.05, 0.1) is 6.26 Å². The second-order valence-corrected chi connectivity index (χ2v) is 6.05. The average Bonchev–Trinajstić information content (AvgIpc) is 2.74. The first kappa shape index (κ1) is 9.43. The molecule has 1 heterocycles. The lowest BCUT2D eigenvalue weighted by Crippen LogP contribution is -2.46. The maximum absolute atomic E-state index is 10.9. The van der Waals surface area contributed by atoms with Crippen LogP contribution in [0.2, 0.25) is 0 Å². The van der Waals surface area contributed by atoms with E-state index in [4.69, 9.17) is 0 Å². The zero-order valence-corrected chi connectivity index (χ0v) is 8.65. The molecule has 1 saturated heterocycles. The van der Waals surface area contributed by atoms with Crippen molar-refractivity contribution in [3.8, 4) is 0 Å². The zero-order valence-electron chi connectivity index (χ0n) is 7.84. The van der Waals surface area contributed by atoms with E-state index in [1.54, 1.807) is 0 Å². The van der Waals surface area contributed by atoms with E-state index in [0.29, 0.717) is 12.5 Å². The molecule has 0 aromatic carbocycles. The highest BCUT2D eigenvalue weighted by molar-refractivity contribution is 7.88. The van der Waals surface area contributed by atoms with Crippen molar-refractivity contribution in [3.05, 3.63) is 0 Å². The summed E-state index contributed by atoms with van der Waals surface area (Å²) < 4.78 is 24.4. The van der Waals surface area contributed by atoms with E-state index in [0.717, 1.165) is 13.0 Å². The molecule has 0 aromatic heterocycles. The van der Waals surface area contributed by atoms with Gasteiger partial charge in [-0.05, 0) is 31.7 Å². The summed E-state index contributed by atoms with van der Waals surface area (Å²) in [6.45, 7) is 1.60. The van der Waals surface area contributed by atoms with E-state index in [-0.39, 0.29) is 5.54 Å². The standard InChI is InChI=1S/C8H16N2O2S/c1-13(11,12)10-6-8-5-7(8)3-2-4-9-8/h7,9-10H,2-6H2,1H3. The van der Waals surface area contributed by atoms with Gasteiger partial charge in [0.1, 0.15) is 0 Å². The van der Waals surface area contributed by atoms with Crippen LogP contribution in [0.1, 0.15) is 19.3 Å². The Balaban J connectivity index is 1.89. The van der Waals surface area contributed by atoms with Crippen molar-refractivity contribution in [1.29, 1.82) is 0 Å². The molecule has 2 atom stereocenters. The van der Waals surface area contributed by atoms with E-state index in [1.807, 2.05) is 0 Å². The normalized spacial score (nSPS) is 38.4. The topological polar surface area (TPSA) is 58.2 Å². The first-order valence-corrected chi connectivity index (χ1v) is 6.61. The predicted molar refractivity (Wildman–Crippen MR) is 50.9 cm³/mol. The molecular formula is C8H16N2O2S. The van der Waals surface area contributed by atoms with Gasteiger partial charge in [0.2, 0.25) is 10.0 Å². The summed E-state index contributed by atoms with van der Waals surface area (Å²) in [5, 5.41) is 3.42. The van der Waals surface area contributed by atoms with Gasteiger partial charge in [-0.15, -0.1) is 0 Å². The molecule has 2 unspecified atom stereocenters. The van der Waals surface area contributed by atoms with Gasteiger partial charge < -0.3 is 5.32 Å². The quantitative estimate of drug-likeness (QED) is 0.662. The van der Waals surface area contributed by atoms with Crippen LogP contribution in [-0.2, 0) is 10.0 Å². The monoisotopic (exact) mass is 204 g/mol. The number of hydrogen-bond donors (Lipinski definition) is 2. The van der Waals surface area contributed by atoms with Crippen molar-refractivity contribution in [2.24, 2.45) is 5.92 Å². The maximum Gasteiger partial charge on any atom is 0.208 e. The minimum Gasteiger partial charge on any atom is -0.310 e. The molecule has 1 aliphatic carbocycles. The van der Waals surface area contributed by atoms with Gasteiger partial charge in [-0.3, -0.25) is 0 Å². The first-order chi connectivity index (χ1) is 6.02. The number of nitrogens with one attached hydrogen (secondary N) is 2. The second-order valence-electron chi connectivity index (χ2n) is 4.22. The Morgan fingerprint density at radius 3 is 3.00 bits per heavy atom. The maximum atomic E-state index is 10.9. The van der Waals surface area contributed by atoms with Gasteiger partial charge >= 0.3 is 0 Å². The third kappa shape index (κ3) is 2.03. The molecule has 2 rings (SSSR count). The van der Waals surface area contributed by atoms with Gasteiger partial charge in [-0.25, -0.2) is 13.1 Å². The smallest absolute Gasteiger partial charge is 0.208 e. The van der Waals surface area contributed by atoms with Gasteiger partial charge in [-0.1, -0.05) is 0 Å². The van der Waals surface area contributed by atoms with Crippen LogP contribution in [0, 0.1) is 5.92 Å². The summed E-state index contributed by atoms with van der Waals surface area (Å²) in [7, 11) is -3.02. The largest absolute Gasteiger partial charge is 0.310 e. The number of piperidine rings is 1. The molecule has 0 amide bonds. The Kier molecular flexibility index (Phi) is 2.13. The lowest BCUT2D eigenvalue weighted by molar-refractivity contribution is 0.383. The fraction of sp³-hybridized carbons (Fsp3) is 1.00. The van der Waals surface area contributed by atoms with Crippen LogP contribution in [0.5, 0.6) is 0 Å². The van der Waals surface area contributed by atoms with Crippen molar-refractivity contribution in [1.82, 2.24) is 10.0 Å². The number of fused-ring (bicyclic) bond motifs is 1. The third-order valence-electron chi connectivity index (χ3n) is 3.09. The summed E-state index contributed by atoms with van der Waals surface area (Å²) in [6, 6.07) is 0. The molecule has 0 bridgehead atoms. The Bertz CT molecular complexity index is 301. The zero-order chi connectivity index (χ0) is 9.53. The number of hydrogen-bond acceptors (Lipinski definition) is 3. The molecule has 0 aromatic rings. The fourth-order valence-electron chi connectivity index (χ4n) is 2.20. The third-order valence-corrected chi connectivity index (χ3v) is 3.76. The van der Waals surface area contributed by atoms with Gasteiger partial charge in [0.25, 0.3) is 0 Å². The van der Waals surface area contributed by atoms with Crippen LogP contribution in [0.4, 0.5) is 0 Å². The summed E-state index contributed by atoms with van der Waals surface area (Å²) in [5.41, 5.74) is 0.112. The highest BCUT2D eigenvalue weighted by atomic mass is 32.2. The van der Waals surface area contributed by atoms with E-state index in [2.05, 4.69) is 10.0 Å². The summed E-state index contributed by atoms with van der Waals surface area (Å²) in [4.78, 5) is 0. The molecule has 2 aliphatic rings. The van der Waals surface area contributed by atoms with Gasteiger partial charge in [-0.2, -0.15) is 0 Å². The minimum atomic E-state index is -3.02. The van der Waals surface area contributed by atoms with Crippen LogP contribution in [0.15, 0.2) is 0 Å². The van der Waals surface area contributed by atoms with E-state index >= 15 is 0 Å². The molecule has 0 spiro atoms. The van der Waals surface area contributed by atoms with Crippen molar-refractivity contribution in [2.75, 3.05) is 19.3 Å². The highest BCUT2D eigenvalue weighted by Gasteiger charge is 2.54. The molecular weight excluding hydrogens is 188 g/mol. The molecule has 2 fully saturated rings. The predicted octanol–water partition coefficient (Wildman–Crippen LogP) is -0.322. The van der Waals surface area contributed by atoms with E-state index in [9.17, 15) is 8.42 Å². The molecule has 4 nitrogen and oxygen atoms in total. The van der Waals surface area contributed by atoms with Gasteiger partial charge in [0.15, 0.2) is 0 Å². The SMILES string of the molecule is CS(=O)(=O)NCC12CC1CCCN2. The fourth-order valence-corrected chi connectivity index (χ4v) is 2.72. The van der Waals surface area contributed by atoms with Crippen LogP contribution in [-0.4, -0.2) is 33.3 Å². The first-order valence-electron chi connectivity index (χ1n) is 4.72. The molecule has 0 radical (unpaired) electrons. The van der Waals surface area contributed by atoms with Gasteiger partial charge in [0, 0.05) is 12.1 Å². The van der Waals surface area contributed by atoms with Crippen LogP contribution in [0.3, 0.4) is 0 Å². The van der Waals surface area contributed by atoms with Crippen LogP contribution < -0.4 is 10.0 Å². The molecule has 76 valence electrons. The Morgan fingerprint density at radius 1 is 1.62 bits per heavy atom. The molecule has 2 N–H and O–H groups in total. The summed E-state index contributed by atoms with van der Waals surface area (Å²) in [5.74, 6) is 0.704. The molecule has 1 aliphatic heterocycles. The van der Waals surface area contributed by atoms with Crippen molar-refractivity contribution >= 4 is 10.0 Å². The second kappa shape index (κ2) is 2.93. The lowest BCUT2D eigenvalue weighted by Gasteiger charge is -2.23. The Morgan fingerprint density at radius 2 is 2.38 bits per heavy atom. The summed E-state index contributed by atoms with van der Waals surface area (Å²) >= 11 is 0. The highest BCUT2D eigenvalue weighted by Crippen LogP contribution is 2.48. The van der Waals surface area contributed by atoms with E-state index < -0.39 is 10.0 Å². The van der Waals surface area contributed by atoms with Crippen molar-refractivity contribution in [2.45, 2.75) is 24.8 Å². The molecule has 5 heteroatoms. The van der Waals surface area contributed by atoms with Crippen LogP contribution >= 0.6 is 0 Å². The average molecular weight is 204 g/mol. The lowest BCUT2D eigenvalue weighted by atomic mass is 10.1. The number of rotatable bonds is 3. The van der Waals surface area contributed by atoms with E-state index in [1.165, 1.54) is 19.1 Å². The summed E-state index contributed by atoms with van der Waals surface area (Å²) in [6.07, 6.45) is 4.82. The van der Waals surface area contributed by atoms with Crippen molar-refractivity contribution in [3.63, 3.8) is 0 Å². The molecule has 13 heavy (non-hydrogen) atoms. The minimum absolute atomic E-state index is 0.112. The molecule has 1 saturated carbocycles. The Hall–Kier alpha value is -0.130.